The summed E-state index contributed by atoms with van der Waals surface area (Å²) in [5, 5.41) is 11.4. The Hall–Kier alpha value is -4.28. The minimum atomic E-state index is -0.225. The highest BCUT2D eigenvalue weighted by atomic mass is 35.5. The van der Waals surface area contributed by atoms with Gasteiger partial charge in [0.2, 0.25) is 0 Å². The molecule has 1 amide bonds. The fourth-order valence-corrected chi connectivity index (χ4v) is 4.71. The Labute approximate surface area is 221 Å². The molecular formula is C26H22ClN7O2S. The van der Waals surface area contributed by atoms with Gasteiger partial charge in [0, 0.05) is 49.4 Å². The van der Waals surface area contributed by atoms with Crippen LogP contribution in [0.5, 0.6) is 0 Å². The van der Waals surface area contributed by atoms with Crippen LogP contribution in [0.1, 0.15) is 15.4 Å². The molecule has 0 spiro atoms. The van der Waals surface area contributed by atoms with Gasteiger partial charge in [-0.1, -0.05) is 22.9 Å². The molecule has 0 aliphatic heterocycles. The van der Waals surface area contributed by atoms with E-state index in [1.54, 1.807) is 46.0 Å². The van der Waals surface area contributed by atoms with Crippen LogP contribution >= 0.6 is 22.9 Å². The number of amides is 1. The van der Waals surface area contributed by atoms with Crippen molar-refractivity contribution in [1.29, 1.82) is 0 Å². The lowest BCUT2D eigenvalue weighted by atomic mass is 10.0. The molecular weight excluding hydrogens is 510 g/mol. The molecule has 1 N–H and O–H groups in total. The summed E-state index contributed by atoms with van der Waals surface area (Å²) >= 11 is 7.14. The van der Waals surface area contributed by atoms with Crippen molar-refractivity contribution in [3.05, 3.63) is 105 Å². The number of halogens is 1. The predicted octanol–water partition coefficient (Wildman–Crippen LogP) is 4.19. The molecule has 5 rings (SSSR count). The van der Waals surface area contributed by atoms with Crippen molar-refractivity contribution in [2.75, 3.05) is 19.0 Å². The Bertz CT molecular complexity index is 1620. The monoisotopic (exact) mass is 531 g/mol. The molecule has 0 bridgehead atoms. The van der Waals surface area contributed by atoms with Gasteiger partial charge in [-0.15, -0.1) is 16.4 Å². The summed E-state index contributed by atoms with van der Waals surface area (Å²) in [6, 6.07) is 18.0. The zero-order valence-electron chi connectivity index (χ0n) is 20.0. The Morgan fingerprint density at radius 3 is 2.68 bits per heavy atom. The van der Waals surface area contributed by atoms with E-state index in [0.717, 1.165) is 22.6 Å². The van der Waals surface area contributed by atoms with E-state index in [9.17, 15) is 9.59 Å². The SMILES string of the molecule is CN(C)c1ccc(-c2cc(-n3ccccc3=O)ccc2-n2cc(CNC(=O)c3ccc(Cl)s3)nn2)cn1. The molecule has 0 saturated carbocycles. The van der Waals surface area contributed by atoms with E-state index < -0.39 is 0 Å². The van der Waals surface area contributed by atoms with Gasteiger partial charge in [-0.3, -0.25) is 14.2 Å². The molecule has 4 heterocycles. The Kier molecular flexibility index (Phi) is 6.85. The maximum atomic E-state index is 12.5. The molecule has 5 aromatic rings. The number of anilines is 1. The third-order valence-corrected chi connectivity index (χ3v) is 6.84. The van der Waals surface area contributed by atoms with Crippen molar-refractivity contribution in [3.8, 4) is 22.5 Å². The van der Waals surface area contributed by atoms with E-state index in [1.807, 2.05) is 55.4 Å². The van der Waals surface area contributed by atoms with Crippen LogP contribution in [-0.4, -0.2) is 44.5 Å². The first kappa shape index (κ1) is 24.4. The fourth-order valence-electron chi connectivity index (χ4n) is 3.75. The van der Waals surface area contributed by atoms with Gasteiger partial charge in [-0.05, 0) is 48.5 Å². The number of aromatic nitrogens is 5. The molecule has 0 unspecified atom stereocenters. The van der Waals surface area contributed by atoms with Crippen LogP contribution in [0, 0.1) is 0 Å². The molecule has 0 aliphatic carbocycles. The lowest BCUT2D eigenvalue weighted by Crippen LogP contribution is -2.21. The summed E-state index contributed by atoms with van der Waals surface area (Å²) < 4.78 is 3.78. The quantitative estimate of drug-likeness (QED) is 0.338. The summed E-state index contributed by atoms with van der Waals surface area (Å²) in [7, 11) is 3.86. The topological polar surface area (TPSA) is 97.9 Å². The molecule has 1 aromatic carbocycles. The van der Waals surface area contributed by atoms with E-state index in [0.29, 0.717) is 20.6 Å². The van der Waals surface area contributed by atoms with Crippen LogP contribution in [0.3, 0.4) is 0 Å². The van der Waals surface area contributed by atoms with Crippen molar-refractivity contribution in [2.45, 2.75) is 6.54 Å². The largest absolute Gasteiger partial charge is 0.363 e. The predicted molar refractivity (Wildman–Crippen MR) is 145 cm³/mol. The molecule has 0 saturated heterocycles. The van der Waals surface area contributed by atoms with E-state index in [4.69, 9.17) is 11.6 Å². The van der Waals surface area contributed by atoms with Crippen molar-refractivity contribution in [1.82, 2.24) is 29.9 Å². The van der Waals surface area contributed by atoms with Crippen molar-refractivity contribution in [3.63, 3.8) is 0 Å². The van der Waals surface area contributed by atoms with Crippen molar-refractivity contribution >= 4 is 34.7 Å². The first-order valence-corrected chi connectivity index (χ1v) is 12.5. The third-order valence-electron chi connectivity index (χ3n) is 5.61. The van der Waals surface area contributed by atoms with Gasteiger partial charge in [-0.25, -0.2) is 9.67 Å². The fraction of sp³-hybridized carbons (Fsp3) is 0.115. The number of nitrogens with zero attached hydrogens (tertiary/aromatic N) is 6. The molecule has 4 aromatic heterocycles. The second kappa shape index (κ2) is 10.4. The number of carbonyl (C=O) groups excluding carboxylic acids is 1. The molecule has 37 heavy (non-hydrogen) atoms. The van der Waals surface area contributed by atoms with Gasteiger partial charge in [0.1, 0.15) is 11.5 Å². The van der Waals surface area contributed by atoms with Crippen LogP contribution in [0.25, 0.3) is 22.5 Å². The minimum Gasteiger partial charge on any atom is -0.363 e. The molecule has 0 aliphatic rings. The first-order valence-electron chi connectivity index (χ1n) is 11.3. The maximum Gasteiger partial charge on any atom is 0.261 e. The van der Waals surface area contributed by atoms with Gasteiger partial charge in [0.15, 0.2) is 0 Å². The highest BCUT2D eigenvalue weighted by Crippen LogP contribution is 2.29. The number of benzene rings is 1. The van der Waals surface area contributed by atoms with E-state index in [-0.39, 0.29) is 18.0 Å². The van der Waals surface area contributed by atoms with Gasteiger partial charge < -0.3 is 10.2 Å². The number of pyridine rings is 2. The number of hydrogen-bond acceptors (Lipinski definition) is 7. The number of thiophene rings is 1. The van der Waals surface area contributed by atoms with Crippen molar-refractivity contribution in [2.24, 2.45) is 0 Å². The standard InChI is InChI=1S/C26H22ClN7O2S/c1-32(2)24-11-6-17(14-28-24)20-13-19(33-12-4-3-5-25(33)35)7-8-21(20)34-16-18(30-31-34)15-29-26(36)22-9-10-23(27)37-22/h3-14,16H,15H2,1-2H3,(H,29,36). The lowest BCUT2D eigenvalue weighted by molar-refractivity contribution is 0.0954. The van der Waals surface area contributed by atoms with E-state index in [2.05, 4.69) is 20.6 Å². The number of nitrogens with one attached hydrogen (secondary N) is 1. The molecule has 186 valence electrons. The number of rotatable bonds is 7. The summed E-state index contributed by atoms with van der Waals surface area (Å²) in [6.07, 6.45) is 5.28. The molecule has 0 radical (unpaired) electrons. The Morgan fingerprint density at radius 2 is 1.97 bits per heavy atom. The maximum absolute atomic E-state index is 12.5. The third kappa shape index (κ3) is 5.30. The summed E-state index contributed by atoms with van der Waals surface area (Å²) in [6.45, 7) is 0.209. The number of hydrogen-bond donors (Lipinski definition) is 1. The second-order valence-corrected chi connectivity index (χ2v) is 10.1. The van der Waals surface area contributed by atoms with Crippen molar-refractivity contribution < 1.29 is 4.79 Å². The second-order valence-electron chi connectivity index (χ2n) is 8.35. The zero-order chi connectivity index (χ0) is 25.9. The van der Waals surface area contributed by atoms with E-state index in [1.165, 1.54) is 17.4 Å². The van der Waals surface area contributed by atoms with Crippen LogP contribution in [0.15, 0.2) is 84.0 Å². The first-order chi connectivity index (χ1) is 17.9. The molecule has 11 heteroatoms. The summed E-state index contributed by atoms with van der Waals surface area (Å²) in [5.41, 5.74) is 3.59. The Balaban J connectivity index is 1.48. The molecule has 0 atom stereocenters. The van der Waals surface area contributed by atoms with Gasteiger partial charge in [0.05, 0.1) is 27.6 Å². The van der Waals surface area contributed by atoms with E-state index >= 15 is 0 Å². The lowest BCUT2D eigenvalue weighted by Gasteiger charge is -2.15. The Morgan fingerprint density at radius 1 is 1.11 bits per heavy atom. The summed E-state index contributed by atoms with van der Waals surface area (Å²) in [4.78, 5) is 31.8. The highest BCUT2D eigenvalue weighted by molar-refractivity contribution is 7.18. The molecule has 0 fully saturated rings. The zero-order valence-corrected chi connectivity index (χ0v) is 21.6. The molecule has 9 nitrogen and oxygen atoms in total. The average molecular weight is 532 g/mol. The van der Waals surface area contributed by atoms with Gasteiger partial charge >= 0.3 is 0 Å². The normalized spacial score (nSPS) is 10.9. The smallest absolute Gasteiger partial charge is 0.261 e. The van der Waals surface area contributed by atoms with Gasteiger partial charge in [0.25, 0.3) is 11.5 Å². The van der Waals surface area contributed by atoms with Crippen LogP contribution in [0.2, 0.25) is 4.34 Å². The highest BCUT2D eigenvalue weighted by Gasteiger charge is 2.14. The van der Waals surface area contributed by atoms with Crippen LogP contribution in [0.4, 0.5) is 5.82 Å². The summed E-state index contributed by atoms with van der Waals surface area (Å²) in [5.74, 6) is 0.600. The van der Waals surface area contributed by atoms with Crippen LogP contribution < -0.4 is 15.8 Å². The number of carbonyl (C=O) groups is 1. The van der Waals surface area contributed by atoms with Crippen LogP contribution in [-0.2, 0) is 6.54 Å². The minimum absolute atomic E-state index is 0.131. The van der Waals surface area contributed by atoms with Gasteiger partial charge in [-0.2, -0.15) is 0 Å². The average Bonchev–Trinajstić information content (AvgIpc) is 3.56.